The van der Waals surface area contributed by atoms with Gasteiger partial charge >= 0.3 is 0 Å². The van der Waals surface area contributed by atoms with Crippen molar-refractivity contribution in [2.45, 2.75) is 24.3 Å². The van der Waals surface area contributed by atoms with Crippen LogP contribution in [0.5, 0.6) is 0 Å². The molecule has 8 heteroatoms. The fraction of sp³-hybridized carbons (Fsp3) is 0.368. The molecular formula is C19H22N2O5S. The van der Waals surface area contributed by atoms with E-state index in [-0.39, 0.29) is 10.6 Å². The number of hydrogen-bond acceptors (Lipinski definition) is 5. The minimum absolute atomic E-state index is 0.0320. The summed E-state index contributed by atoms with van der Waals surface area (Å²) in [5, 5.41) is 10.9. The average molecular weight is 390 g/mol. The van der Waals surface area contributed by atoms with E-state index >= 15 is 0 Å². The third-order valence-corrected chi connectivity index (χ3v) is 6.60. The molecule has 0 saturated carbocycles. The van der Waals surface area contributed by atoms with Gasteiger partial charge in [0.1, 0.15) is 0 Å². The van der Waals surface area contributed by atoms with Crippen molar-refractivity contribution in [1.82, 2.24) is 4.31 Å². The Bertz CT molecular complexity index is 878. The van der Waals surface area contributed by atoms with Crippen molar-refractivity contribution in [3.63, 3.8) is 0 Å². The summed E-state index contributed by atoms with van der Waals surface area (Å²) >= 11 is 0. The second kappa shape index (κ2) is 8.60. The van der Waals surface area contributed by atoms with Crippen molar-refractivity contribution in [3.05, 3.63) is 70.3 Å². The molecule has 27 heavy (non-hydrogen) atoms. The van der Waals surface area contributed by atoms with E-state index in [9.17, 15) is 18.5 Å². The predicted molar refractivity (Wildman–Crippen MR) is 101 cm³/mol. The Hall–Kier alpha value is -2.29. The molecule has 1 aliphatic rings. The average Bonchev–Trinajstić information content (AvgIpc) is 2.69. The van der Waals surface area contributed by atoms with Crippen LogP contribution in [0.1, 0.15) is 18.4 Å². The van der Waals surface area contributed by atoms with Crippen molar-refractivity contribution < 1.29 is 18.1 Å². The first kappa shape index (κ1) is 19.5. The Balaban J connectivity index is 1.53. The number of hydrogen-bond donors (Lipinski definition) is 0. The van der Waals surface area contributed by atoms with Crippen LogP contribution in [0.4, 0.5) is 5.69 Å². The van der Waals surface area contributed by atoms with E-state index < -0.39 is 14.9 Å². The van der Waals surface area contributed by atoms with Crippen LogP contribution in [0, 0.1) is 16.0 Å². The van der Waals surface area contributed by atoms with Gasteiger partial charge in [-0.15, -0.1) is 0 Å². The third-order valence-electron chi connectivity index (χ3n) is 4.70. The third kappa shape index (κ3) is 4.91. The summed E-state index contributed by atoms with van der Waals surface area (Å²) in [6, 6.07) is 15.1. The van der Waals surface area contributed by atoms with Crippen molar-refractivity contribution in [2.24, 2.45) is 5.92 Å². The molecule has 3 rings (SSSR count). The molecule has 0 atom stereocenters. The van der Waals surface area contributed by atoms with Crippen LogP contribution in [-0.2, 0) is 21.4 Å². The number of non-ortho nitro benzene ring substituents is 1. The van der Waals surface area contributed by atoms with E-state index in [0.29, 0.717) is 45.1 Å². The second-order valence-electron chi connectivity index (χ2n) is 6.60. The van der Waals surface area contributed by atoms with Gasteiger partial charge in [-0.2, -0.15) is 4.31 Å². The van der Waals surface area contributed by atoms with Crippen LogP contribution in [0.3, 0.4) is 0 Å². The molecule has 1 aliphatic heterocycles. The first-order chi connectivity index (χ1) is 13.0. The highest BCUT2D eigenvalue weighted by atomic mass is 32.2. The summed E-state index contributed by atoms with van der Waals surface area (Å²) in [6.07, 6.45) is 1.42. The SMILES string of the molecule is O=[N+]([O-])c1cccc(S(=O)(=O)N2CCC(COCc3ccccc3)CC2)c1. The van der Waals surface area contributed by atoms with Gasteiger partial charge in [-0.05, 0) is 30.4 Å². The number of rotatable bonds is 7. The van der Waals surface area contributed by atoms with Gasteiger partial charge in [0.2, 0.25) is 10.0 Å². The van der Waals surface area contributed by atoms with Gasteiger partial charge in [-0.3, -0.25) is 10.1 Å². The van der Waals surface area contributed by atoms with Crippen LogP contribution < -0.4 is 0 Å². The first-order valence-corrected chi connectivity index (χ1v) is 10.3. The van der Waals surface area contributed by atoms with Gasteiger partial charge in [0.05, 0.1) is 16.4 Å². The van der Waals surface area contributed by atoms with E-state index in [0.717, 1.165) is 11.6 Å². The molecule has 1 heterocycles. The number of piperidine rings is 1. The van der Waals surface area contributed by atoms with Gasteiger partial charge in [-0.1, -0.05) is 36.4 Å². The molecule has 1 saturated heterocycles. The lowest BCUT2D eigenvalue weighted by molar-refractivity contribution is -0.385. The minimum Gasteiger partial charge on any atom is -0.376 e. The van der Waals surface area contributed by atoms with E-state index in [1.807, 2.05) is 30.3 Å². The Kier molecular flexibility index (Phi) is 6.20. The molecule has 0 N–H and O–H groups in total. The molecule has 0 radical (unpaired) electrons. The summed E-state index contributed by atoms with van der Waals surface area (Å²) in [5.74, 6) is 0.310. The maximum absolute atomic E-state index is 12.7. The maximum atomic E-state index is 12.7. The largest absolute Gasteiger partial charge is 0.376 e. The number of ether oxygens (including phenoxy) is 1. The highest BCUT2D eigenvalue weighted by Gasteiger charge is 2.30. The quantitative estimate of drug-likeness (QED) is 0.535. The van der Waals surface area contributed by atoms with Crippen LogP contribution in [0.2, 0.25) is 0 Å². The van der Waals surface area contributed by atoms with E-state index in [1.165, 1.54) is 22.5 Å². The Morgan fingerprint density at radius 2 is 1.78 bits per heavy atom. The number of nitrogens with zero attached hydrogens (tertiary/aromatic N) is 2. The van der Waals surface area contributed by atoms with Gasteiger partial charge in [0.15, 0.2) is 0 Å². The molecule has 0 aromatic heterocycles. The number of nitro groups is 1. The zero-order valence-electron chi connectivity index (χ0n) is 14.9. The van der Waals surface area contributed by atoms with Crippen LogP contribution in [0.15, 0.2) is 59.5 Å². The minimum atomic E-state index is -3.72. The van der Waals surface area contributed by atoms with Crippen molar-refractivity contribution in [3.8, 4) is 0 Å². The number of benzene rings is 2. The first-order valence-electron chi connectivity index (χ1n) is 8.83. The summed E-state index contributed by atoms with van der Waals surface area (Å²) in [6.45, 7) is 1.93. The Labute approximate surface area is 158 Å². The van der Waals surface area contributed by atoms with Gasteiger partial charge in [0, 0.05) is 31.8 Å². The molecule has 0 aliphatic carbocycles. The van der Waals surface area contributed by atoms with Gasteiger partial charge in [0.25, 0.3) is 5.69 Å². The van der Waals surface area contributed by atoms with Crippen molar-refractivity contribution in [1.29, 1.82) is 0 Å². The molecular weight excluding hydrogens is 368 g/mol. The molecule has 2 aromatic rings. The van der Waals surface area contributed by atoms with E-state index in [2.05, 4.69) is 0 Å². The van der Waals surface area contributed by atoms with Crippen molar-refractivity contribution in [2.75, 3.05) is 19.7 Å². The summed E-state index contributed by atoms with van der Waals surface area (Å²) in [5.41, 5.74) is 0.892. The Morgan fingerprint density at radius 1 is 1.07 bits per heavy atom. The smallest absolute Gasteiger partial charge is 0.270 e. The zero-order valence-corrected chi connectivity index (χ0v) is 15.7. The number of nitro benzene ring substituents is 1. The zero-order chi connectivity index (χ0) is 19.3. The molecule has 144 valence electrons. The molecule has 0 unspecified atom stereocenters. The lowest BCUT2D eigenvalue weighted by Crippen LogP contribution is -2.39. The molecule has 1 fully saturated rings. The molecule has 0 spiro atoms. The molecule has 0 amide bonds. The van der Waals surface area contributed by atoms with Crippen LogP contribution in [-0.4, -0.2) is 37.3 Å². The van der Waals surface area contributed by atoms with E-state index in [1.54, 1.807) is 0 Å². The summed E-state index contributed by atoms with van der Waals surface area (Å²) in [7, 11) is -3.72. The monoisotopic (exact) mass is 390 g/mol. The lowest BCUT2D eigenvalue weighted by atomic mass is 9.99. The van der Waals surface area contributed by atoms with Gasteiger partial charge < -0.3 is 4.74 Å². The number of sulfonamides is 1. The predicted octanol–water partition coefficient (Wildman–Crippen LogP) is 3.21. The fourth-order valence-corrected chi connectivity index (χ4v) is 4.65. The van der Waals surface area contributed by atoms with Crippen molar-refractivity contribution >= 4 is 15.7 Å². The van der Waals surface area contributed by atoms with E-state index in [4.69, 9.17) is 4.74 Å². The second-order valence-corrected chi connectivity index (χ2v) is 8.54. The standard InChI is InChI=1S/C19H22N2O5S/c22-21(23)18-7-4-8-19(13-18)27(24,25)20-11-9-17(10-12-20)15-26-14-16-5-2-1-3-6-16/h1-8,13,17H,9-12,14-15H2. The lowest BCUT2D eigenvalue weighted by Gasteiger charge is -2.31. The normalized spacial score (nSPS) is 16.3. The van der Waals surface area contributed by atoms with Crippen LogP contribution >= 0.6 is 0 Å². The summed E-state index contributed by atoms with van der Waals surface area (Å²) in [4.78, 5) is 10.3. The topological polar surface area (TPSA) is 89.8 Å². The highest BCUT2D eigenvalue weighted by molar-refractivity contribution is 7.89. The fourth-order valence-electron chi connectivity index (χ4n) is 3.14. The molecule has 0 bridgehead atoms. The van der Waals surface area contributed by atoms with Crippen LogP contribution in [0.25, 0.3) is 0 Å². The maximum Gasteiger partial charge on any atom is 0.270 e. The summed E-state index contributed by atoms with van der Waals surface area (Å²) < 4.78 is 32.6. The Morgan fingerprint density at radius 3 is 2.44 bits per heavy atom. The highest BCUT2D eigenvalue weighted by Crippen LogP contribution is 2.26. The van der Waals surface area contributed by atoms with Gasteiger partial charge in [-0.25, -0.2) is 8.42 Å². The molecule has 7 nitrogen and oxygen atoms in total. The molecule has 2 aromatic carbocycles.